The molecule has 2 rings (SSSR count). The lowest BCUT2D eigenvalue weighted by atomic mass is 10.2. The summed E-state index contributed by atoms with van der Waals surface area (Å²) in [7, 11) is 0. The molecule has 1 aromatic heterocycles. The Labute approximate surface area is 110 Å². The van der Waals surface area contributed by atoms with Crippen molar-refractivity contribution in [2.45, 2.75) is 19.5 Å². The minimum atomic E-state index is -0.494. The number of nitro groups is 1. The van der Waals surface area contributed by atoms with Crippen LogP contribution in [0.5, 0.6) is 0 Å². The number of nitrogens with two attached hydrogens (primary N) is 1. The Balaban J connectivity index is 2.03. The number of anilines is 2. The first kappa shape index (κ1) is 12.9. The molecule has 0 spiro atoms. The number of hydrogen-bond donors (Lipinski definition) is 2. The van der Waals surface area contributed by atoms with Crippen molar-refractivity contribution in [1.29, 1.82) is 0 Å². The molecule has 0 aliphatic carbocycles. The zero-order valence-corrected chi connectivity index (χ0v) is 10.5. The smallest absolute Gasteiger partial charge is 0.292 e. The fourth-order valence-electron chi connectivity index (χ4n) is 1.83. The van der Waals surface area contributed by atoms with E-state index in [2.05, 4.69) is 10.4 Å². The van der Waals surface area contributed by atoms with Gasteiger partial charge in [-0.3, -0.25) is 14.8 Å². The number of nitrogen functional groups attached to an aromatic ring is 1. The second-order valence-corrected chi connectivity index (χ2v) is 4.30. The van der Waals surface area contributed by atoms with Gasteiger partial charge in [0, 0.05) is 30.2 Å². The molecule has 0 amide bonds. The predicted molar refractivity (Wildman–Crippen MR) is 72.8 cm³/mol. The number of nitrogens with zero attached hydrogens (tertiary/aromatic N) is 3. The monoisotopic (exact) mass is 261 g/mol. The van der Waals surface area contributed by atoms with Crippen LogP contribution in [0.4, 0.5) is 17.1 Å². The maximum atomic E-state index is 10.7. The number of nitro benzene ring substituents is 1. The summed E-state index contributed by atoms with van der Waals surface area (Å²) in [5.74, 6) is 0. The number of rotatable bonds is 5. The molecule has 0 radical (unpaired) electrons. The van der Waals surface area contributed by atoms with E-state index in [9.17, 15) is 10.1 Å². The van der Waals surface area contributed by atoms with Gasteiger partial charge in [-0.2, -0.15) is 5.10 Å². The Morgan fingerprint density at radius 1 is 1.58 bits per heavy atom. The van der Waals surface area contributed by atoms with Crippen molar-refractivity contribution in [2.24, 2.45) is 0 Å². The molecule has 1 aromatic carbocycles. The van der Waals surface area contributed by atoms with E-state index in [1.54, 1.807) is 18.3 Å². The quantitative estimate of drug-likeness (QED) is 0.486. The Bertz CT molecular complexity index is 568. The van der Waals surface area contributed by atoms with Gasteiger partial charge in [0.2, 0.25) is 0 Å². The molecule has 2 aromatic rings. The van der Waals surface area contributed by atoms with Gasteiger partial charge >= 0.3 is 0 Å². The second kappa shape index (κ2) is 5.38. The number of aromatic nitrogens is 2. The summed E-state index contributed by atoms with van der Waals surface area (Å²) in [6.45, 7) is 2.70. The standard InChI is InChI=1S/C12H15N5O2/c1-9(8-16-6-2-5-14-16)15-10-3-4-12(17(18)19)11(13)7-10/h2-7,9,15H,8,13H2,1H3. The lowest BCUT2D eigenvalue weighted by Gasteiger charge is -2.15. The summed E-state index contributed by atoms with van der Waals surface area (Å²) in [5.41, 5.74) is 6.46. The van der Waals surface area contributed by atoms with Gasteiger partial charge in [-0.25, -0.2) is 0 Å². The molecule has 1 unspecified atom stereocenters. The van der Waals surface area contributed by atoms with Crippen LogP contribution in [0, 0.1) is 10.1 Å². The Morgan fingerprint density at radius 3 is 2.95 bits per heavy atom. The maximum absolute atomic E-state index is 10.7. The van der Waals surface area contributed by atoms with Crippen molar-refractivity contribution in [1.82, 2.24) is 9.78 Å². The van der Waals surface area contributed by atoms with Crippen LogP contribution < -0.4 is 11.1 Å². The average Bonchev–Trinajstić information content (AvgIpc) is 2.81. The zero-order chi connectivity index (χ0) is 13.8. The highest BCUT2D eigenvalue weighted by molar-refractivity contribution is 5.65. The zero-order valence-electron chi connectivity index (χ0n) is 10.5. The Morgan fingerprint density at radius 2 is 2.37 bits per heavy atom. The highest BCUT2D eigenvalue weighted by atomic mass is 16.6. The van der Waals surface area contributed by atoms with Crippen LogP contribution in [0.25, 0.3) is 0 Å². The molecule has 100 valence electrons. The maximum Gasteiger partial charge on any atom is 0.292 e. The Hall–Kier alpha value is -2.57. The molecule has 0 fully saturated rings. The van der Waals surface area contributed by atoms with Gasteiger partial charge in [0.1, 0.15) is 5.69 Å². The summed E-state index contributed by atoms with van der Waals surface area (Å²) in [6, 6.07) is 6.60. The number of benzene rings is 1. The number of nitrogens with one attached hydrogen (secondary N) is 1. The summed E-state index contributed by atoms with van der Waals surface area (Å²) < 4.78 is 1.81. The molecule has 0 saturated carbocycles. The first-order valence-electron chi connectivity index (χ1n) is 5.84. The van der Waals surface area contributed by atoms with E-state index < -0.39 is 4.92 Å². The van der Waals surface area contributed by atoms with E-state index in [-0.39, 0.29) is 17.4 Å². The van der Waals surface area contributed by atoms with Crippen molar-refractivity contribution in [3.05, 3.63) is 46.8 Å². The molecule has 1 heterocycles. The summed E-state index contributed by atoms with van der Waals surface area (Å²) >= 11 is 0. The first-order valence-corrected chi connectivity index (χ1v) is 5.84. The molecule has 7 heteroatoms. The molecule has 0 aliphatic rings. The molecule has 0 saturated heterocycles. The first-order chi connectivity index (χ1) is 9.06. The van der Waals surface area contributed by atoms with Gasteiger partial charge in [0.15, 0.2) is 0 Å². The molecule has 3 N–H and O–H groups in total. The van der Waals surface area contributed by atoms with Gasteiger partial charge in [0.05, 0.1) is 11.5 Å². The average molecular weight is 261 g/mol. The van der Waals surface area contributed by atoms with Gasteiger partial charge in [-0.1, -0.05) is 0 Å². The van der Waals surface area contributed by atoms with Crippen molar-refractivity contribution >= 4 is 17.1 Å². The number of hydrogen-bond acceptors (Lipinski definition) is 5. The molecular formula is C12H15N5O2. The largest absolute Gasteiger partial charge is 0.393 e. The van der Waals surface area contributed by atoms with Gasteiger partial charge < -0.3 is 11.1 Å². The van der Waals surface area contributed by atoms with Gasteiger partial charge in [0.25, 0.3) is 5.69 Å². The predicted octanol–water partition coefficient (Wildman–Crippen LogP) is 1.87. The van der Waals surface area contributed by atoms with Crippen molar-refractivity contribution in [3.63, 3.8) is 0 Å². The normalized spacial score (nSPS) is 12.1. The summed E-state index contributed by atoms with van der Waals surface area (Å²) in [6.07, 6.45) is 3.60. The van der Waals surface area contributed by atoms with E-state index in [4.69, 9.17) is 5.73 Å². The van der Waals surface area contributed by atoms with Crippen molar-refractivity contribution < 1.29 is 4.92 Å². The minimum absolute atomic E-state index is 0.0784. The minimum Gasteiger partial charge on any atom is -0.393 e. The van der Waals surface area contributed by atoms with E-state index in [1.165, 1.54) is 6.07 Å². The van der Waals surface area contributed by atoms with Crippen molar-refractivity contribution in [2.75, 3.05) is 11.1 Å². The lowest BCUT2D eigenvalue weighted by molar-refractivity contribution is -0.383. The third-order valence-electron chi connectivity index (χ3n) is 2.66. The third kappa shape index (κ3) is 3.21. The Kier molecular flexibility index (Phi) is 3.65. The molecule has 0 aliphatic heterocycles. The SMILES string of the molecule is CC(Cn1cccn1)Nc1ccc([N+](=O)[O-])c(N)c1. The van der Waals surface area contributed by atoms with Gasteiger partial charge in [-0.15, -0.1) is 0 Å². The fraction of sp³-hybridized carbons (Fsp3) is 0.250. The van der Waals surface area contributed by atoms with Crippen LogP contribution in [-0.2, 0) is 6.54 Å². The molecule has 0 bridgehead atoms. The molecular weight excluding hydrogens is 246 g/mol. The van der Waals surface area contributed by atoms with E-state index in [0.29, 0.717) is 6.54 Å². The van der Waals surface area contributed by atoms with Crippen molar-refractivity contribution in [3.8, 4) is 0 Å². The molecule has 1 atom stereocenters. The lowest BCUT2D eigenvalue weighted by Crippen LogP contribution is -2.22. The van der Waals surface area contributed by atoms with Crippen LogP contribution in [0.15, 0.2) is 36.7 Å². The van der Waals surface area contributed by atoms with Crippen LogP contribution in [0.2, 0.25) is 0 Å². The van der Waals surface area contributed by atoms with E-state index in [1.807, 2.05) is 23.9 Å². The van der Waals surface area contributed by atoms with Crippen LogP contribution >= 0.6 is 0 Å². The summed E-state index contributed by atoms with van der Waals surface area (Å²) in [5, 5.41) is 18.0. The molecule has 7 nitrogen and oxygen atoms in total. The summed E-state index contributed by atoms with van der Waals surface area (Å²) in [4.78, 5) is 10.2. The van der Waals surface area contributed by atoms with Gasteiger partial charge in [-0.05, 0) is 25.1 Å². The van der Waals surface area contributed by atoms with E-state index >= 15 is 0 Å². The van der Waals surface area contributed by atoms with Crippen LogP contribution in [0.1, 0.15) is 6.92 Å². The topological polar surface area (TPSA) is 99.0 Å². The molecule has 19 heavy (non-hydrogen) atoms. The fourth-order valence-corrected chi connectivity index (χ4v) is 1.83. The highest BCUT2D eigenvalue weighted by Gasteiger charge is 2.12. The van der Waals surface area contributed by atoms with Crippen LogP contribution in [0.3, 0.4) is 0 Å². The second-order valence-electron chi connectivity index (χ2n) is 4.30. The van der Waals surface area contributed by atoms with E-state index in [0.717, 1.165) is 5.69 Å². The highest BCUT2D eigenvalue weighted by Crippen LogP contribution is 2.24. The van der Waals surface area contributed by atoms with Crippen LogP contribution in [-0.4, -0.2) is 20.7 Å². The third-order valence-corrected chi connectivity index (χ3v) is 2.66.